The number of likely N-dealkylation sites (N-methyl/N-ethyl adjacent to an activating group) is 1. The molecule has 1 atom stereocenters. The molecule has 1 aliphatic rings. The highest BCUT2D eigenvalue weighted by Gasteiger charge is 2.25. The number of hydrogen-bond acceptors (Lipinski definition) is 2. The third kappa shape index (κ3) is 3.46. The fourth-order valence-electron chi connectivity index (χ4n) is 2.05. The minimum atomic E-state index is -3.10. The van der Waals surface area contributed by atoms with E-state index in [2.05, 4.69) is 0 Å². The molecule has 1 heterocycles. The van der Waals surface area contributed by atoms with Gasteiger partial charge >= 0.3 is 0 Å². The topological polar surface area (TPSA) is 6.48 Å². The van der Waals surface area contributed by atoms with E-state index in [-0.39, 0.29) is 11.1 Å². The van der Waals surface area contributed by atoms with Crippen LogP contribution in [0.4, 0.5) is 0 Å². The Morgan fingerprint density at radius 1 is 0.952 bits per heavy atom. The lowest BCUT2D eigenvalue weighted by Crippen LogP contribution is -2.46. The minimum Gasteiger partial charge on any atom is -0.304 e. The van der Waals surface area contributed by atoms with Crippen LogP contribution in [0, 0.1) is 0 Å². The molecule has 0 aliphatic carbocycles. The van der Waals surface area contributed by atoms with Gasteiger partial charge in [0.05, 0.1) is 7.39 Å². The number of halogens is 1. The Hall–Kier alpha value is -1.35. The summed E-state index contributed by atoms with van der Waals surface area (Å²) in [5, 5.41) is 0.351. The van der Waals surface area contributed by atoms with E-state index in [1.165, 1.54) is 36.4 Å². The van der Waals surface area contributed by atoms with Crippen LogP contribution in [0.15, 0.2) is 54.6 Å². The number of benzene rings is 2. The molecule has 2 nitrogen and oxygen atoms in total. The molecular formula is C18H21ClN2. The first kappa shape index (κ1) is 7.28. The van der Waals surface area contributed by atoms with E-state index in [0.29, 0.717) is 14.8 Å². The Kier molecular flexibility index (Phi) is 2.29. The van der Waals surface area contributed by atoms with E-state index >= 15 is 0 Å². The molecule has 1 unspecified atom stereocenters. The van der Waals surface area contributed by atoms with Crippen LogP contribution in [0.2, 0.25) is 5.02 Å². The Labute approximate surface area is 144 Å². The predicted molar refractivity (Wildman–Crippen MR) is 88.8 cm³/mol. The van der Waals surface area contributed by atoms with Crippen LogP contribution in [-0.2, 0) is 0 Å². The average molecular weight is 310 g/mol. The van der Waals surface area contributed by atoms with Gasteiger partial charge in [-0.25, -0.2) is 0 Å². The molecule has 0 bridgehead atoms. The Morgan fingerprint density at radius 2 is 1.52 bits per heavy atom. The first-order chi connectivity index (χ1) is 13.6. The van der Waals surface area contributed by atoms with Crippen LogP contribution in [0.25, 0.3) is 0 Å². The van der Waals surface area contributed by atoms with Gasteiger partial charge in [-0.2, -0.15) is 0 Å². The van der Waals surface area contributed by atoms with Gasteiger partial charge in [0, 0.05) is 42.0 Å². The number of rotatable bonds is 3. The van der Waals surface area contributed by atoms with Crippen molar-refractivity contribution in [2.24, 2.45) is 0 Å². The van der Waals surface area contributed by atoms with Gasteiger partial charge in [0.2, 0.25) is 0 Å². The van der Waals surface area contributed by atoms with Crippen LogP contribution >= 0.6 is 11.6 Å². The third-order valence-electron chi connectivity index (χ3n) is 3.05. The number of piperazine rings is 1. The molecule has 3 rings (SSSR count). The van der Waals surface area contributed by atoms with Crippen molar-refractivity contribution in [3.63, 3.8) is 0 Å². The van der Waals surface area contributed by atoms with Gasteiger partial charge in [0.25, 0.3) is 0 Å². The van der Waals surface area contributed by atoms with Crippen molar-refractivity contribution in [3.05, 3.63) is 70.7 Å². The Balaban J connectivity index is 2.40. The van der Waals surface area contributed by atoms with Crippen LogP contribution in [-0.4, -0.2) is 42.8 Å². The highest BCUT2D eigenvalue weighted by atomic mass is 35.5. The average Bonchev–Trinajstić information content (AvgIpc) is 2.67. The summed E-state index contributed by atoms with van der Waals surface area (Å²) >= 11 is 5.97. The normalized spacial score (nSPS) is 36.0. The summed E-state index contributed by atoms with van der Waals surface area (Å²) in [6.45, 7) is -12.1. The monoisotopic (exact) mass is 309 g/mol. The molecule has 0 saturated carbocycles. The third-order valence-corrected chi connectivity index (χ3v) is 3.30. The highest BCUT2D eigenvalue weighted by molar-refractivity contribution is 6.30. The van der Waals surface area contributed by atoms with Crippen LogP contribution in [0.3, 0.4) is 0 Å². The molecule has 1 fully saturated rings. The van der Waals surface area contributed by atoms with Gasteiger partial charge < -0.3 is 4.90 Å². The zero-order valence-electron chi connectivity index (χ0n) is 20.5. The van der Waals surface area contributed by atoms with E-state index in [4.69, 9.17) is 22.6 Å². The Bertz CT molecular complexity index is 893. The van der Waals surface area contributed by atoms with Crippen molar-refractivity contribution in [2.45, 2.75) is 6.02 Å². The first-order valence-electron chi connectivity index (χ1n) is 11.0. The standard InChI is InChI=1S/C18H21ClN2/c1-20-11-13-21(14-12-20)18(15-5-3-2-4-6-15)16-7-9-17(19)10-8-16/h2-10,18H,11-14H2,1H3/i11D2,12D2,13D2,14D2,18D. The fraction of sp³-hybridized carbons (Fsp3) is 0.333. The fourth-order valence-corrected chi connectivity index (χ4v) is 2.17. The van der Waals surface area contributed by atoms with E-state index in [9.17, 15) is 1.37 Å². The molecule has 0 aromatic heterocycles. The van der Waals surface area contributed by atoms with Gasteiger partial charge in [0.1, 0.15) is 0 Å². The highest BCUT2D eigenvalue weighted by Crippen LogP contribution is 2.30. The second kappa shape index (κ2) is 6.61. The molecule has 21 heavy (non-hydrogen) atoms. The quantitative estimate of drug-likeness (QED) is 0.853. The van der Waals surface area contributed by atoms with E-state index in [0.717, 1.165) is 7.05 Å². The lowest BCUT2D eigenvalue weighted by atomic mass is 9.96. The first-order valence-corrected chi connectivity index (χ1v) is 6.86. The van der Waals surface area contributed by atoms with Gasteiger partial charge in [0.15, 0.2) is 0 Å². The van der Waals surface area contributed by atoms with Gasteiger partial charge in [-0.05, 0) is 30.3 Å². The molecule has 0 spiro atoms. The maximum absolute atomic E-state index is 9.35. The lowest BCUT2D eigenvalue weighted by molar-refractivity contribution is 0.127. The maximum Gasteiger partial charge on any atom is 0.0602 e. The molecule has 0 N–H and O–H groups in total. The summed E-state index contributed by atoms with van der Waals surface area (Å²) < 4.78 is 76.8. The van der Waals surface area contributed by atoms with Gasteiger partial charge in [-0.15, -0.1) is 0 Å². The number of hydrogen-bond donors (Lipinski definition) is 0. The summed E-state index contributed by atoms with van der Waals surface area (Å²) in [5.74, 6) is 0. The van der Waals surface area contributed by atoms with E-state index in [1.807, 2.05) is 0 Å². The van der Waals surface area contributed by atoms with Crippen molar-refractivity contribution in [1.29, 1.82) is 0 Å². The molecule has 3 heteroatoms. The van der Waals surface area contributed by atoms with Crippen molar-refractivity contribution >= 4 is 11.6 Å². The smallest absolute Gasteiger partial charge is 0.0602 e. The van der Waals surface area contributed by atoms with Crippen molar-refractivity contribution in [3.8, 4) is 0 Å². The molecule has 1 saturated heterocycles. The molecule has 0 amide bonds. The van der Waals surface area contributed by atoms with Crippen LogP contribution in [0.1, 0.15) is 29.5 Å². The lowest BCUT2D eigenvalue weighted by Gasteiger charge is -2.38. The van der Waals surface area contributed by atoms with Crippen molar-refractivity contribution in [2.75, 3.05) is 33.0 Å². The summed E-state index contributed by atoms with van der Waals surface area (Å²) in [4.78, 5) is 0.759. The van der Waals surface area contributed by atoms with Crippen LogP contribution in [0.5, 0.6) is 0 Å². The summed E-state index contributed by atoms with van der Waals surface area (Å²) in [6.07, 6.45) is 0. The molecule has 2 aromatic carbocycles. The van der Waals surface area contributed by atoms with Gasteiger partial charge in [-0.1, -0.05) is 54.1 Å². The van der Waals surface area contributed by atoms with Crippen molar-refractivity contribution < 1.29 is 12.3 Å². The van der Waals surface area contributed by atoms with Crippen LogP contribution < -0.4 is 0 Å². The molecule has 110 valence electrons. The maximum atomic E-state index is 9.35. The minimum absolute atomic E-state index is 0.113. The number of nitrogens with zero attached hydrogens (tertiary/aromatic N) is 2. The second-order valence-electron chi connectivity index (χ2n) is 4.56. The SMILES string of the molecule is [2H]C(c1ccccc1)(c1ccc(Cl)cc1)N1C([2H])([2H])C([2H])([2H])N(C)C([2H])([2H])C1([2H])[2H]. The molecule has 0 radical (unpaired) electrons. The Morgan fingerprint density at radius 3 is 2.14 bits per heavy atom. The summed E-state index contributed by atoms with van der Waals surface area (Å²) in [5.41, 5.74) is 0.262. The largest absolute Gasteiger partial charge is 0.304 e. The molecule has 2 aromatic rings. The second-order valence-corrected chi connectivity index (χ2v) is 5.00. The van der Waals surface area contributed by atoms with Crippen molar-refractivity contribution in [1.82, 2.24) is 9.80 Å². The predicted octanol–water partition coefficient (Wildman–Crippen LogP) is 3.68. The van der Waals surface area contributed by atoms with E-state index < -0.39 is 32.0 Å². The zero-order valence-corrected chi connectivity index (χ0v) is 12.2. The molecular weight excluding hydrogens is 280 g/mol. The zero-order chi connectivity index (χ0) is 22.8. The molecule has 1 aliphatic heterocycles. The summed E-state index contributed by atoms with van der Waals surface area (Å²) in [7, 11) is 0.990. The van der Waals surface area contributed by atoms with E-state index in [1.54, 1.807) is 18.2 Å². The van der Waals surface area contributed by atoms with Gasteiger partial charge in [-0.3, -0.25) is 4.90 Å². The summed E-state index contributed by atoms with van der Waals surface area (Å²) in [6, 6.07) is 11.3.